The van der Waals surface area contributed by atoms with Crippen molar-refractivity contribution in [1.29, 1.82) is 0 Å². The van der Waals surface area contributed by atoms with Gasteiger partial charge in [0.1, 0.15) is 12.2 Å². The van der Waals surface area contributed by atoms with Crippen LogP contribution in [0.2, 0.25) is 0 Å². The topological polar surface area (TPSA) is 55.8 Å². The number of esters is 2. The third-order valence-electron chi connectivity index (χ3n) is 7.91. The second-order valence-electron chi connectivity index (χ2n) is 12.2. The molecule has 0 atom stereocenters. The van der Waals surface area contributed by atoms with Gasteiger partial charge in [0.25, 0.3) is 0 Å². The quantitative estimate of drug-likeness (QED) is 0.0638. The van der Waals surface area contributed by atoms with Crippen molar-refractivity contribution >= 4 is 11.9 Å². The van der Waals surface area contributed by atoms with E-state index in [2.05, 4.69) is 27.7 Å². The lowest BCUT2D eigenvalue weighted by Gasteiger charge is -2.22. The Bertz CT molecular complexity index is 492. The van der Waals surface area contributed by atoms with Gasteiger partial charge in [-0.25, -0.2) is 0 Å². The van der Waals surface area contributed by atoms with Crippen molar-refractivity contribution in [3.63, 3.8) is 0 Å². The van der Waals surface area contributed by atoms with Crippen LogP contribution >= 0.6 is 0 Å². The van der Waals surface area contributed by atoms with Crippen LogP contribution in [0, 0.1) is 0 Å². The van der Waals surface area contributed by atoms with Crippen LogP contribution in [-0.4, -0.2) is 49.2 Å². The number of hydrogen-bond donors (Lipinski definition) is 0. The molecule has 0 bridgehead atoms. The Morgan fingerprint density at radius 2 is 0.700 bits per heavy atom. The van der Waals surface area contributed by atoms with E-state index in [1.807, 2.05) is 7.05 Å². The van der Waals surface area contributed by atoms with Gasteiger partial charge in [0.15, 0.2) is 0 Å². The zero-order valence-electron chi connectivity index (χ0n) is 27.6. The maximum absolute atomic E-state index is 12.8. The van der Waals surface area contributed by atoms with Crippen molar-refractivity contribution in [2.75, 3.05) is 20.1 Å². The van der Waals surface area contributed by atoms with Crippen LogP contribution < -0.4 is 0 Å². The number of hydrogen-bond acceptors (Lipinski definition) is 5. The summed E-state index contributed by atoms with van der Waals surface area (Å²) in [7, 11) is 1.82. The van der Waals surface area contributed by atoms with Gasteiger partial charge in [-0.1, -0.05) is 130 Å². The van der Waals surface area contributed by atoms with Crippen LogP contribution in [0.4, 0.5) is 0 Å². The molecule has 5 nitrogen and oxygen atoms in total. The predicted octanol–water partition coefficient (Wildman–Crippen LogP) is 10.2. The number of carbonyl (C=O) groups is 2. The molecule has 0 saturated heterocycles. The van der Waals surface area contributed by atoms with Gasteiger partial charge in [-0.15, -0.1) is 0 Å². The van der Waals surface area contributed by atoms with Crippen molar-refractivity contribution in [3.05, 3.63) is 0 Å². The van der Waals surface area contributed by atoms with Crippen molar-refractivity contribution in [2.24, 2.45) is 0 Å². The van der Waals surface area contributed by atoms with E-state index >= 15 is 0 Å². The van der Waals surface area contributed by atoms with E-state index < -0.39 is 0 Å². The molecule has 238 valence electrons. The van der Waals surface area contributed by atoms with Crippen LogP contribution in [0.25, 0.3) is 0 Å². The third-order valence-corrected chi connectivity index (χ3v) is 7.91. The summed E-state index contributed by atoms with van der Waals surface area (Å²) in [6, 6.07) is 0. The second-order valence-corrected chi connectivity index (χ2v) is 12.2. The highest BCUT2D eigenvalue weighted by atomic mass is 16.5. The van der Waals surface area contributed by atoms with Crippen LogP contribution in [0.3, 0.4) is 0 Å². The number of carbonyl (C=O) groups excluding carboxylic acids is 2. The lowest BCUT2D eigenvalue weighted by atomic mass is 10.0. The molecular formula is C35H69NO4. The predicted molar refractivity (Wildman–Crippen MR) is 171 cm³/mol. The first-order chi connectivity index (χ1) is 19.5. The van der Waals surface area contributed by atoms with Crippen LogP contribution in [0.1, 0.15) is 182 Å². The van der Waals surface area contributed by atoms with Crippen molar-refractivity contribution < 1.29 is 19.1 Å². The summed E-state index contributed by atoms with van der Waals surface area (Å²) in [5.74, 6) is -0.434. The first-order valence-corrected chi connectivity index (χ1v) is 17.5. The maximum atomic E-state index is 12.8. The van der Waals surface area contributed by atoms with E-state index in [0.717, 1.165) is 51.4 Å². The largest absolute Gasteiger partial charge is 0.461 e. The number of rotatable bonds is 30. The molecule has 0 fully saturated rings. The molecule has 0 aliphatic heterocycles. The molecule has 0 unspecified atom stereocenters. The average molecular weight is 568 g/mol. The normalized spacial score (nSPS) is 11.6. The van der Waals surface area contributed by atoms with Crippen LogP contribution in [0.15, 0.2) is 0 Å². The van der Waals surface area contributed by atoms with E-state index in [9.17, 15) is 9.59 Å². The zero-order chi connectivity index (χ0) is 29.7. The molecular weight excluding hydrogens is 498 g/mol. The van der Waals surface area contributed by atoms with E-state index in [1.54, 1.807) is 4.90 Å². The molecule has 0 heterocycles. The molecule has 0 aromatic rings. The fourth-order valence-electron chi connectivity index (χ4n) is 5.37. The molecule has 0 rings (SSSR count). The van der Waals surface area contributed by atoms with Gasteiger partial charge in [0.05, 0.1) is 13.1 Å². The molecule has 5 heteroatoms. The standard InChI is InChI=1S/C35H69NO4/c1-6-10-14-18-22-26-32(27-23-19-15-11-7-2)39-34(37)30-36(5)31-35(38)40-33(28-24-20-16-12-8-3)29-25-21-17-13-9-4/h32-33H,6-31H2,1-5H3. The summed E-state index contributed by atoms with van der Waals surface area (Å²) in [4.78, 5) is 27.3. The maximum Gasteiger partial charge on any atom is 0.320 e. The minimum absolute atomic E-state index is 0.000835. The highest BCUT2D eigenvalue weighted by Gasteiger charge is 2.20. The van der Waals surface area contributed by atoms with E-state index in [4.69, 9.17) is 9.47 Å². The molecule has 0 radical (unpaired) electrons. The monoisotopic (exact) mass is 568 g/mol. The smallest absolute Gasteiger partial charge is 0.320 e. The molecule has 0 amide bonds. The number of likely N-dealkylation sites (N-methyl/N-ethyl adjacent to an activating group) is 1. The molecule has 0 aliphatic rings. The molecule has 0 aliphatic carbocycles. The van der Waals surface area contributed by atoms with Crippen LogP contribution in [-0.2, 0) is 19.1 Å². The molecule has 40 heavy (non-hydrogen) atoms. The van der Waals surface area contributed by atoms with Gasteiger partial charge in [0, 0.05) is 0 Å². The molecule has 0 spiro atoms. The first kappa shape index (κ1) is 38.9. The molecule has 0 aromatic carbocycles. The van der Waals surface area contributed by atoms with Gasteiger partial charge in [-0.2, -0.15) is 0 Å². The lowest BCUT2D eigenvalue weighted by Crippen LogP contribution is -2.35. The number of unbranched alkanes of at least 4 members (excludes halogenated alkanes) is 16. The number of nitrogens with zero attached hydrogens (tertiary/aromatic N) is 1. The summed E-state index contributed by atoms with van der Waals surface area (Å²) in [5.41, 5.74) is 0. The minimum atomic E-state index is -0.217. The lowest BCUT2D eigenvalue weighted by molar-refractivity contribution is -0.154. The van der Waals surface area contributed by atoms with Gasteiger partial charge >= 0.3 is 11.9 Å². The summed E-state index contributed by atoms with van der Waals surface area (Å²) in [6.07, 6.45) is 28.2. The highest BCUT2D eigenvalue weighted by Crippen LogP contribution is 2.18. The number of ether oxygens (including phenoxy) is 2. The minimum Gasteiger partial charge on any atom is -0.461 e. The summed E-state index contributed by atoms with van der Waals surface area (Å²) in [5, 5.41) is 0. The van der Waals surface area contributed by atoms with Gasteiger partial charge in [-0.05, 0) is 58.4 Å². The molecule has 0 saturated carbocycles. The summed E-state index contributed by atoms with van der Waals surface area (Å²) < 4.78 is 11.9. The Kier molecular flexibility index (Phi) is 28.6. The van der Waals surface area contributed by atoms with Crippen LogP contribution in [0.5, 0.6) is 0 Å². The van der Waals surface area contributed by atoms with Crippen molar-refractivity contribution in [3.8, 4) is 0 Å². The summed E-state index contributed by atoms with van der Waals surface area (Å²) >= 11 is 0. The fraction of sp³-hybridized carbons (Fsp3) is 0.943. The highest BCUT2D eigenvalue weighted by molar-refractivity contribution is 5.75. The van der Waals surface area contributed by atoms with E-state index in [-0.39, 0.29) is 37.2 Å². The molecule has 0 aromatic heterocycles. The Balaban J connectivity index is 4.62. The van der Waals surface area contributed by atoms with E-state index in [1.165, 1.54) is 103 Å². The van der Waals surface area contributed by atoms with E-state index in [0.29, 0.717) is 0 Å². The van der Waals surface area contributed by atoms with Crippen molar-refractivity contribution in [1.82, 2.24) is 4.90 Å². The average Bonchev–Trinajstić information content (AvgIpc) is 2.91. The Morgan fingerprint density at radius 1 is 0.450 bits per heavy atom. The second kappa shape index (κ2) is 29.4. The Labute approximate surface area is 249 Å². The summed E-state index contributed by atoms with van der Waals surface area (Å²) in [6.45, 7) is 9.20. The van der Waals surface area contributed by atoms with Crippen molar-refractivity contribution in [2.45, 2.75) is 194 Å². The van der Waals surface area contributed by atoms with Gasteiger partial charge < -0.3 is 9.47 Å². The SMILES string of the molecule is CCCCCCCC(CCCCCCC)OC(=O)CN(C)CC(=O)OC(CCCCCCC)CCCCCCC. The van der Waals surface area contributed by atoms with Gasteiger partial charge in [-0.3, -0.25) is 14.5 Å². The first-order valence-electron chi connectivity index (χ1n) is 17.5. The third kappa shape index (κ3) is 25.8. The Hall–Kier alpha value is -1.10. The zero-order valence-corrected chi connectivity index (χ0v) is 27.6. The Morgan fingerprint density at radius 3 is 0.950 bits per heavy atom. The molecule has 0 N–H and O–H groups in total. The van der Waals surface area contributed by atoms with Gasteiger partial charge in [0.2, 0.25) is 0 Å². The fourth-order valence-corrected chi connectivity index (χ4v) is 5.37.